The lowest BCUT2D eigenvalue weighted by Gasteiger charge is -2.05. The third-order valence-corrected chi connectivity index (χ3v) is 3.17. The zero-order chi connectivity index (χ0) is 9.26. The first kappa shape index (κ1) is 8.84. The lowest BCUT2D eigenvalue weighted by atomic mass is 10.1. The van der Waals surface area contributed by atoms with Crippen LogP contribution in [0, 0.1) is 6.92 Å². The highest BCUT2D eigenvalue weighted by atomic mass is 32.1. The van der Waals surface area contributed by atoms with Gasteiger partial charge in [-0.05, 0) is 26.3 Å². The summed E-state index contributed by atoms with van der Waals surface area (Å²) in [5.41, 5.74) is 0. The Morgan fingerprint density at radius 1 is 1.77 bits per heavy atom. The van der Waals surface area contributed by atoms with Crippen molar-refractivity contribution in [3.63, 3.8) is 0 Å². The molecule has 70 valence electrons. The zero-order valence-electron chi connectivity index (χ0n) is 7.54. The summed E-state index contributed by atoms with van der Waals surface area (Å²) >= 11 is 1.48. The van der Waals surface area contributed by atoms with Crippen LogP contribution in [0.3, 0.4) is 0 Å². The fourth-order valence-electron chi connectivity index (χ4n) is 1.56. The molecular weight excluding hydrogens is 184 g/mol. The van der Waals surface area contributed by atoms with Gasteiger partial charge in [-0.15, -0.1) is 11.3 Å². The summed E-state index contributed by atoms with van der Waals surface area (Å²) in [5.74, 6) is 0.211. The first-order valence-electron chi connectivity index (χ1n) is 4.47. The minimum atomic E-state index is 0.0415. The Morgan fingerprint density at radius 2 is 2.62 bits per heavy atom. The lowest BCUT2D eigenvalue weighted by Crippen LogP contribution is -2.30. The maximum absolute atomic E-state index is 11.8. The minimum Gasteiger partial charge on any atom is -0.307 e. The molecule has 1 aromatic heterocycles. The number of hydrogen-bond donors (Lipinski definition) is 1. The molecule has 1 unspecified atom stereocenters. The summed E-state index contributed by atoms with van der Waals surface area (Å²) in [6.07, 6.45) is 3.76. The number of nitrogens with zero attached hydrogens (tertiary/aromatic N) is 1. The Morgan fingerprint density at radius 3 is 3.15 bits per heavy atom. The number of carbonyl (C=O) groups excluding carboxylic acids is 1. The number of carbonyl (C=O) groups is 1. The van der Waals surface area contributed by atoms with E-state index in [1.54, 1.807) is 6.20 Å². The summed E-state index contributed by atoms with van der Waals surface area (Å²) in [4.78, 5) is 16.6. The third-order valence-electron chi connectivity index (χ3n) is 2.24. The van der Waals surface area contributed by atoms with Gasteiger partial charge in [0, 0.05) is 6.20 Å². The van der Waals surface area contributed by atoms with E-state index in [2.05, 4.69) is 10.3 Å². The van der Waals surface area contributed by atoms with Crippen LogP contribution in [-0.2, 0) is 0 Å². The van der Waals surface area contributed by atoms with E-state index in [0.717, 1.165) is 29.3 Å². The van der Waals surface area contributed by atoms with Crippen LogP contribution in [-0.4, -0.2) is 23.4 Å². The van der Waals surface area contributed by atoms with Crippen molar-refractivity contribution in [2.45, 2.75) is 25.8 Å². The van der Waals surface area contributed by atoms with E-state index in [-0.39, 0.29) is 11.8 Å². The predicted molar refractivity (Wildman–Crippen MR) is 52.2 cm³/mol. The zero-order valence-corrected chi connectivity index (χ0v) is 8.36. The van der Waals surface area contributed by atoms with Gasteiger partial charge >= 0.3 is 0 Å². The topological polar surface area (TPSA) is 42.0 Å². The van der Waals surface area contributed by atoms with Gasteiger partial charge in [-0.1, -0.05) is 0 Å². The summed E-state index contributed by atoms with van der Waals surface area (Å²) in [6.45, 7) is 2.89. The summed E-state index contributed by atoms with van der Waals surface area (Å²) < 4.78 is 0. The highest BCUT2D eigenvalue weighted by molar-refractivity contribution is 7.13. The van der Waals surface area contributed by atoms with Gasteiger partial charge in [0.25, 0.3) is 0 Å². The summed E-state index contributed by atoms with van der Waals surface area (Å²) in [5, 5.41) is 4.15. The molecule has 1 aliphatic rings. The summed E-state index contributed by atoms with van der Waals surface area (Å²) in [7, 11) is 0. The quantitative estimate of drug-likeness (QED) is 0.727. The molecule has 4 heteroatoms. The second-order valence-electron chi connectivity index (χ2n) is 3.26. The molecule has 0 spiro atoms. The molecule has 2 rings (SSSR count). The van der Waals surface area contributed by atoms with E-state index in [1.807, 2.05) is 6.92 Å². The van der Waals surface area contributed by atoms with E-state index in [0.29, 0.717) is 0 Å². The minimum absolute atomic E-state index is 0.0415. The number of nitrogens with one attached hydrogen (secondary N) is 1. The van der Waals surface area contributed by atoms with E-state index < -0.39 is 0 Å². The predicted octanol–water partition coefficient (Wildman–Crippen LogP) is 1.39. The molecule has 0 radical (unpaired) electrons. The Hall–Kier alpha value is -0.740. The van der Waals surface area contributed by atoms with Gasteiger partial charge in [0.15, 0.2) is 5.78 Å². The number of thiazole rings is 1. The van der Waals surface area contributed by atoms with Crippen LogP contribution < -0.4 is 5.32 Å². The van der Waals surface area contributed by atoms with Crippen molar-refractivity contribution < 1.29 is 4.79 Å². The van der Waals surface area contributed by atoms with Gasteiger partial charge in [-0.25, -0.2) is 4.98 Å². The van der Waals surface area contributed by atoms with Crippen LogP contribution in [0.2, 0.25) is 0 Å². The van der Waals surface area contributed by atoms with Crippen molar-refractivity contribution in [2.24, 2.45) is 0 Å². The molecule has 0 saturated carbocycles. The molecule has 0 aliphatic carbocycles. The first-order valence-corrected chi connectivity index (χ1v) is 5.29. The highest BCUT2D eigenvalue weighted by Gasteiger charge is 2.24. The second-order valence-corrected chi connectivity index (χ2v) is 4.49. The maximum Gasteiger partial charge on any atom is 0.191 e. The molecule has 0 bridgehead atoms. The van der Waals surface area contributed by atoms with Crippen molar-refractivity contribution in [3.05, 3.63) is 16.1 Å². The maximum atomic E-state index is 11.8. The average Bonchev–Trinajstić information content (AvgIpc) is 2.72. The van der Waals surface area contributed by atoms with E-state index in [1.165, 1.54) is 11.3 Å². The standard InChI is InChI=1S/C9H12N2OS/c1-6-11-5-8(13-6)9(12)7-3-2-4-10-7/h5,7,10H,2-4H2,1H3. The Labute approximate surface area is 81.2 Å². The number of ketones is 1. The number of rotatable bonds is 2. The fraction of sp³-hybridized carbons (Fsp3) is 0.556. The first-order chi connectivity index (χ1) is 6.27. The normalized spacial score (nSPS) is 22.1. The van der Waals surface area contributed by atoms with Crippen LogP contribution in [0.1, 0.15) is 27.5 Å². The number of Topliss-reactive ketones (excluding diaryl/α,β-unsaturated/α-hetero) is 1. The van der Waals surface area contributed by atoms with Crippen molar-refractivity contribution in [2.75, 3.05) is 6.54 Å². The molecule has 0 amide bonds. The van der Waals surface area contributed by atoms with Crippen molar-refractivity contribution in [3.8, 4) is 0 Å². The van der Waals surface area contributed by atoms with Crippen LogP contribution in [0.25, 0.3) is 0 Å². The lowest BCUT2D eigenvalue weighted by molar-refractivity contribution is 0.0956. The summed E-state index contributed by atoms with van der Waals surface area (Å²) in [6, 6.07) is 0.0415. The molecule has 1 aliphatic heterocycles. The highest BCUT2D eigenvalue weighted by Crippen LogP contribution is 2.17. The Bertz CT molecular complexity index is 315. The average molecular weight is 196 g/mol. The monoisotopic (exact) mass is 196 g/mol. The van der Waals surface area contributed by atoms with Crippen molar-refractivity contribution >= 4 is 17.1 Å². The van der Waals surface area contributed by atoms with Gasteiger partial charge in [-0.3, -0.25) is 4.79 Å². The largest absolute Gasteiger partial charge is 0.307 e. The van der Waals surface area contributed by atoms with Gasteiger partial charge < -0.3 is 5.32 Å². The Balaban J connectivity index is 2.12. The third kappa shape index (κ3) is 1.78. The van der Waals surface area contributed by atoms with Crippen molar-refractivity contribution in [1.82, 2.24) is 10.3 Å². The molecule has 3 nitrogen and oxygen atoms in total. The van der Waals surface area contributed by atoms with Gasteiger partial charge in [-0.2, -0.15) is 0 Å². The van der Waals surface area contributed by atoms with E-state index >= 15 is 0 Å². The van der Waals surface area contributed by atoms with Gasteiger partial charge in [0.2, 0.25) is 0 Å². The molecule has 1 aromatic rings. The molecule has 1 N–H and O–H groups in total. The van der Waals surface area contributed by atoms with Crippen LogP contribution in [0.15, 0.2) is 6.20 Å². The van der Waals surface area contributed by atoms with Crippen LogP contribution in [0.5, 0.6) is 0 Å². The smallest absolute Gasteiger partial charge is 0.191 e. The molecule has 0 aromatic carbocycles. The van der Waals surface area contributed by atoms with E-state index in [4.69, 9.17) is 0 Å². The van der Waals surface area contributed by atoms with Crippen LogP contribution >= 0.6 is 11.3 Å². The number of aryl methyl sites for hydroxylation is 1. The second kappa shape index (κ2) is 3.55. The number of aromatic nitrogens is 1. The van der Waals surface area contributed by atoms with Gasteiger partial charge in [0.05, 0.1) is 15.9 Å². The molecule has 1 atom stereocenters. The van der Waals surface area contributed by atoms with E-state index in [9.17, 15) is 4.79 Å². The molecule has 13 heavy (non-hydrogen) atoms. The molecule has 2 heterocycles. The SMILES string of the molecule is Cc1ncc(C(=O)C2CCCN2)s1. The molecular formula is C9H12N2OS. The molecule has 1 saturated heterocycles. The number of hydrogen-bond acceptors (Lipinski definition) is 4. The Kier molecular flexibility index (Phi) is 2.42. The van der Waals surface area contributed by atoms with Crippen LogP contribution in [0.4, 0.5) is 0 Å². The van der Waals surface area contributed by atoms with Gasteiger partial charge in [0.1, 0.15) is 0 Å². The molecule has 1 fully saturated rings. The fourth-order valence-corrected chi connectivity index (χ4v) is 2.33. The van der Waals surface area contributed by atoms with Crippen molar-refractivity contribution in [1.29, 1.82) is 0 Å².